The van der Waals surface area contributed by atoms with Gasteiger partial charge in [0.2, 0.25) is 5.89 Å². The highest BCUT2D eigenvalue weighted by atomic mass is 16.5. The normalized spacial score (nSPS) is 23.4. The molecular weight excluding hydrogens is 382 g/mol. The summed E-state index contributed by atoms with van der Waals surface area (Å²) in [5.41, 5.74) is 2.76. The third-order valence-electron chi connectivity index (χ3n) is 6.77. The molecular formula is C23H31N3O4. The second-order valence-electron chi connectivity index (χ2n) is 8.95. The van der Waals surface area contributed by atoms with E-state index in [4.69, 9.17) is 18.7 Å². The second-order valence-corrected chi connectivity index (χ2v) is 8.95. The Hall–Kier alpha value is -1.96. The van der Waals surface area contributed by atoms with Crippen LogP contribution in [0, 0.1) is 5.92 Å². The first-order chi connectivity index (χ1) is 14.7. The van der Waals surface area contributed by atoms with Gasteiger partial charge in [-0.25, -0.2) is 0 Å². The number of hydrogen-bond acceptors (Lipinski definition) is 7. The van der Waals surface area contributed by atoms with Crippen molar-refractivity contribution in [3.8, 4) is 5.75 Å². The predicted octanol–water partition coefficient (Wildman–Crippen LogP) is 3.15. The summed E-state index contributed by atoms with van der Waals surface area (Å²) in [6.07, 6.45) is 6.20. The fourth-order valence-corrected chi connectivity index (χ4v) is 5.17. The topological polar surface area (TPSA) is 69.9 Å². The molecule has 1 unspecified atom stereocenters. The Bertz CT molecular complexity index is 860. The van der Waals surface area contributed by atoms with Crippen molar-refractivity contribution in [2.24, 2.45) is 5.92 Å². The lowest BCUT2D eigenvalue weighted by molar-refractivity contribution is -0.128. The van der Waals surface area contributed by atoms with Crippen LogP contribution in [0.1, 0.15) is 48.5 Å². The van der Waals surface area contributed by atoms with Crippen molar-refractivity contribution in [2.45, 2.75) is 57.3 Å². The Balaban J connectivity index is 1.14. The Morgan fingerprint density at radius 1 is 1.23 bits per heavy atom. The maximum absolute atomic E-state index is 6.35. The number of methoxy groups -OCH3 is 1. The van der Waals surface area contributed by atoms with E-state index in [1.807, 2.05) is 0 Å². The average Bonchev–Trinajstić information content (AvgIpc) is 3.39. The van der Waals surface area contributed by atoms with Gasteiger partial charge < -0.3 is 18.7 Å². The molecule has 1 spiro atoms. The number of hydrogen-bond donors (Lipinski definition) is 0. The highest BCUT2D eigenvalue weighted by Crippen LogP contribution is 2.39. The van der Waals surface area contributed by atoms with Gasteiger partial charge >= 0.3 is 0 Å². The summed E-state index contributed by atoms with van der Waals surface area (Å²) in [5.74, 6) is 2.95. The van der Waals surface area contributed by atoms with Gasteiger partial charge in [0.25, 0.3) is 0 Å². The van der Waals surface area contributed by atoms with Crippen molar-refractivity contribution in [3.05, 3.63) is 41.0 Å². The van der Waals surface area contributed by atoms with Gasteiger partial charge in [0.05, 0.1) is 12.2 Å². The minimum absolute atomic E-state index is 0.0145. The van der Waals surface area contributed by atoms with Crippen LogP contribution in [0.15, 0.2) is 22.7 Å². The number of benzene rings is 1. The van der Waals surface area contributed by atoms with Crippen molar-refractivity contribution >= 4 is 0 Å². The first-order valence-electron chi connectivity index (χ1n) is 11.1. The molecule has 3 aliphatic heterocycles. The van der Waals surface area contributed by atoms with Gasteiger partial charge in [-0.2, -0.15) is 4.98 Å². The highest BCUT2D eigenvalue weighted by Gasteiger charge is 2.40. The molecule has 1 aromatic carbocycles. The summed E-state index contributed by atoms with van der Waals surface area (Å²) in [6, 6.07) is 6.67. The minimum atomic E-state index is 0.0145. The van der Waals surface area contributed by atoms with Gasteiger partial charge in [0, 0.05) is 46.2 Å². The molecule has 0 N–H and O–H groups in total. The number of fused-ring (bicyclic) bond motifs is 1. The van der Waals surface area contributed by atoms with Crippen LogP contribution in [0.3, 0.4) is 0 Å². The van der Waals surface area contributed by atoms with Crippen LogP contribution < -0.4 is 4.74 Å². The summed E-state index contributed by atoms with van der Waals surface area (Å²) in [7, 11) is 1.64. The van der Waals surface area contributed by atoms with E-state index in [0.717, 1.165) is 83.0 Å². The Kier molecular flexibility index (Phi) is 5.76. The quantitative estimate of drug-likeness (QED) is 0.720. The average molecular weight is 414 g/mol. The number of likely N-dealkylation sites (tertiary alicyclic amines) is 1. The number of piperidine rings is 1. The van der Waals surface area contributed by atoms with Crippen LogP contribution in [0.2, 0.25) is 0 Å². The molecule has 7 heteroatoms. The minimum Gasteiger partial charge on any atom is -0.493 e. The van der Waals surface area contributed by atoms with E-state index in [-0.39, 0.29) is 5.60 Å². The van der Waals surface area contributed by atoms with E-state index in [2.05, 4.69) is 33.2 Å². The third kappa shape index (κ3) is 4.38. The molecule has 30 heavy (non-hydrogen) atoms. The van der Waals surface area contributed by atoms with Crippen LogP contribution >= 0.6 is 0 Å². The first kappa shape index (κ1) is 20.0. The summed E-state index contributed by atoms with van der Waals surface area (Å²) in [6.45, 7) is 5.22. The van der Waals surface area contributed by atoms with E-state index in [9.17, 15) is 0 Å². The van der Waals surface area contributed by atoms with E-state index < -0.39 is 0 Å². The van der Waals surface area contributed by atoms with E-state index in [1.54, 1.807) is 7.11 Å². The number of ether oxygens (including phenoxy) is 3. The summed E-state index contributed by atoms with van der Waals surface area (Å²) < 4.78 is 22.5. The second kappa shape index (κ2) is 8.65. The molecule has 5 rings (SSSR count). The Labute approximate surface area is 177 Å². The van der Waals surface area contributed by atoms with E-state index >= 15 is 0 Å². The van der Waals surface area contributed by atoms with Crippen LogP contribution in [-0.2, 0) is 35.5 Å². The van der Waals surface area contributed by atoms with E-state index in [0.29, 0.717) is 18.3 Å². The van der Waals surface area contributed by atoms with Gasteiger partial charge in [0.15, 0.2) is 5.82 Å². The number of rotatable bonds is 6. The summed E-state index contributed by atoms with van der Waals surface area (Å²) in [4.78, 5) is 7.01. The smallest absolute Gasteiger partial charge is 0.227 e. The zero-order valence-corrected chi connectivity index (χ0v) is 17.8. The van der Waals surface area contributed by atoms with E-state index in [1.165, 1.54) is 11.1 Å². The largest absolute Gasteiger partial charge is 0.493 e. The SMILES string of the molecule is COCc1noc(CC2CCOC3(CCN(Cc4ccc5c(c4)CCO5)CC3)C2)n1. The fraction of sp³-hybridized carbons (Fsp3) is 0.652. The standard InChI is InChI=1S/C23H31N3O4/c1-27-16-21-24-22(30-25-21)13-17-4-11-29-23(14-17)6-8-26(9-7-23)15-18-2-3-20-19(12-18)5-10-28-20/h2-3,12,17H,4-11,13-16H2,1H3. The summed E-state index contributed by atoms with van der Waals surface area (Å²) in [5, 5.41) is 3.99. The maximum atomic E-state index is 6.35. The first-order valence-corrected chi connectivity index (χ1v) is 11.1. The van der Waals surface area contributed by atoms with Gasteiger partial charge in [0.1, 0.15) is 12.4 Å². The van der Waals surface area contributed by atoms with Gasteiger partial charge in [-0.3, -0.25) is 4.90 Å². The molecule has 0 radical (unpaired) electrons. The van der Waals surface area contributed by atoms with Gasteiger partial charge in [-0.1, -0.05) is 17.3 Å². The van der Waals surface area contributed by atoms with Gasteiger partial charge in [-0.15, -0.1) is 0 Å². The maximum Gasteiger partial charge on any atom is 0.227 e. The van der Waals surface area contributed by atoms with Crippen LogP contribution in [-0.4, -0.2) is 54.1 Å². The lowest BCUT2D eigenvalue weighted by Gasteiger charge is -2.46. The molecule has 3 aliphatic rings. The molecule has 4 heterocycles. The molecule has 2 fully saturated rings. The van der Waals surface area contributed by atoms with Crippen LogP contribution in [0.5, 0.6) is 5.75 Å². The number of aromatic nitrogens is 2. The lowest BCUT2D eigenvalue weighted by atomic mass is 9.78. The molecule has 162 valence electrons. The molecule has 0 amide bonds. The molecule has 1 aromatic heterocycles. The zero-order valence-electron chi connectivity index (χ0n) is 17.8. The highest BCUT2D eigenvalue weighted by molar-refractivity contribution is 5.39. The number of nitrogens with zero attached hydrogens (tertiary/aromatic N) is 3. The van der Waals surface area contributed by atoms with Crippen molar-refractivity contribution in [1.82, 2.24) is 15.0 Å². The van der Waals surface area contributed by atoms with Gasteiger partial charge in [-0.05, 0) is 48.8 Å². The molecule has 0 aliphatic carbocycles. The lowest BCUT2D eigenvalue weighted by Crippen LogP contribution is -2.49. The van der Waals surface area contributed by atoms with Crippen molar-refractivity contribution in [2.75, 3.05) is 33.4 Å². The molecule has 7 nitrogen and oxygen atoms in total. The van der Waals surface area contributed by atoms with Crippen LogP contribution in [0.25, 0.3) is 0 Å². The van der Waals surface area contributed by atoms with Crippen molar-refractivity contribution in [1.29, 1.82) is 0 Å². The molecule has 0 saturated carbocycles. The Morgan fingerprint density at radius 2 is 2.13 bits per heavy atom. The third-order valence-corrected chi connectivity index (χ3v) is 6.77. The summed E-state index contributed by atoms with van der Waals surface area (Å²) >= 11 is 0. The van der Waals surface area contributed by atoms with Crippen molar-refractivity contribution < 1.29 is 18.7 Å². The fourth-order valence-electron chi connectivity index (χ4n) is 5.17. The molecule has 2 aromatic rings. The molecule has 0 bridgehead atoms. The van der Waals surface area contributed by atoms with Crippen LogP contribution in [0.4, 0.5) is 0 Å². The monoisotopic (exact) mass is 413 g/mol. The Morgan fingerprint density at radius 3 is 3.00 bits per heavy atom. The van der Waals surface area contributed by atoms with Crippen molar-refractivity contribution in [3.63, 3.8) is 0 Å². The molecule has 1 atom stereocenters. The molecule has 2 saturated heterocycles. The predicted molar refractivity (Wildman–Crippen MR) is 110 cm³/mol. The zero-order chi connectivity index (χ0) is 20.4.